The van der Waals surface area contributed by atoms with Gasteiger partial charge < -0.3 is 24.2 Å². The van der Waals surface area contributed by atoms with Crippen molar-refractivity contribution in [1.82, 2.24) is 4.90 Å². The van der Waals surface area contributed by atoms with Gasteiger partial charge in [0, 0.05) is 18.7 Å². The maximum absolute atomic E-state index is 12.9. The van der Waals surface area contributed by atoms with Crippen LogP contribution < -0.4 is 19.3 Å². The molecule has 30 heavy (non-hydrogen) atoms. The van der Waals surface area contributed by atoms with Crippen LogP contribution in [0.15, 0.2) is 18.2 Å². The van der Waals surface area contributed by atoms with Gasteiger partial charge in [0.25, 0.3) is 5.91 Å². The van der Waals surface area contributed by atoms with Crippen LogP contribution in [0.2, 0.25) is 0 Å². The second kappa shape index (κ2) is 10.0. The van der Waals surface area contributed by atoms with Crippen LogP contribution in [-0.4, -0.2) is 70.8 Å². The van der Waals surface area contributed by atoms with Gasteiger partial charge in [0.15, 0.2) is 18.0 Å². The molecule has 2 saturated heterocycles. The molecular formula is C24H39N3O3+2. The molecule has 166 valence electrons. The van der Waals surface area contributed by atoms with Crippen LogP contribution >= 0.6 is 0 Å². The normalized spacial score (nSPS) is 29.2. The third-order valence-electron chi connectivity index (χ3n) is 7.61. The number of methoxy groups -OCH3 is 2. The molecule has 6 nitrogen and oxygen atoms in total. The molecule has 1 aromatic rings. The SMILES string of the molecule is COc1ccc(C[NH+]2CC[NH+](CC(=O)N3CC[C@@H]4CCCC[C@H]4C3)CC2)cc1OC. The topological polar surface area (TPSA) is 47.7 Å². The molecule has 0 unspecified atom stereocenters. The number of hydrogen-bond acceptors (Lipinski definition) is 3. The van der Waals surface area contributed by atoms with Gasteiger partial charge in [-0.1, -0.05) is 19.3 Å². The average Bonchev–Trinajstić information content (AvgIpc) is 2.80. The lowest BCUT2D eigenvalue weighted by molar-refractivity contribution is -1.02. The third kappa shape index (κ3) is 5.09. The maximum Gasteiger partial charge on any atom is 0.277 e. The molecule has 6 heteroatoms. The number of carbonyl (C=O) groups is 1. The molecule has 2 N–H and O–H groups in total. The first-order chi connectivity index (χ1) is 14.7. The number of ether oxygens (including phenoxy) is 2. The first-order valence-corrected chi connectivity index (χ1v) is 11.8. The molecule has 3 aliphatic rings. The van der Waals surface area contributed by atoms with E-state index >= 15 is 0 Å². The van der Waals surface area contributed by atoms with Crippen LogP contribution in [0.25, 0.3) is 0 Å². The fourth-order valence-electron chi connectivity index (χ4n) is 5.74. The molecule has 1 amide bonds. The molecule has 4 rings (SSSR count). The Labute approximate surface area is 181 Å². The minimum Gasteiger partial charge on any atom is -0.493 e. The molecule has 1 saturated carbocycles. The third-order valence-corrected chi connectivity index (χ3v) is 7.61. The first kappa shape index (κ1) is 21.4. The molecule has 0 radical (unpaired) electrons. The number of amides is 1. The number of quaternary nitrogens is 2. The zero-order valence-corrected chi connectivity index (χ0v) is 18.8. The van der Waals surface area contributed by atoms with Crippen molar-refractivity contribution in [2.24, 2.45) is 11.8 Å². The van der Waals surface area contributed by atoms with Crippen LogP contribution in [0.1, 0.15) is 37.7 Å². The summed E-state index contributed by atoms with van der Waals surface area (Å²) < 4.78 is 10.8. The number of carbonyl (C=O) groups excluding carboxylic acids is 1. The van der Waals surface area contributed by atoms with Gasteiger partial charge in [-0.3, -0.25) is 4.79 Å². The smallest absolute Gasteiger partial charge is 0.277 e. The van der Waals surface area contributed by atoms with Crippen LogP contribution in [0.5, 0.6) is 11.5 Å². The van der Waals surface area contributed by atoms with Gasteiger partial charge in [0.1, 0.15) is 32.7 Å². The molecular weight excluding hydrogens is 378 g/mol. The Kier molecular flexibility index (Phi) is 7.16. The van der Waals surface area contributed by atoms with Crippen molar-refractivity contribution in [1.29, 1.82) is 0 Å². The summed E-state index contributed by atoms with van der Waals surface area (Å²) >= 11 is 0. The highest BCUT2D eigenvalue weighted by Crippen LogP contribution is 2.35. The minimum absolute atomic E-state index is 0.386. The van der Waals surface area contributed by atoms with Crippen molar-refractivity contribution in [3.8, 4) is 11.5 Å². The fraction of sp³-hybridized carbons (Fsp3) is 0.708. The number of piperazine rings is 1. The summed E-state index contributed by atoms with van der Waals surface area (Å²) in [5.41, 5.74) is 1.28. The van der Waals surface area contributed by atoms with Gasteiger partial charge in [-0.25, -0.2) is 0 Å². The predicted octanol–water partition coefficient (Wildman–Crippen LogP) is 0.0259. The summed E-state index contributed by atoms with van der Waals surface area (Å²) in [6, 6.07) is 6.21. The Morgan fingerprint density at radius 1 is 0.967 bits per heavy atom. The Hall–Kier alpha value is -1.79. The summed E-state index contributed by atoms with van der Waals surface area (Å²) in [6.45, 7) is 8.07. The lowest BCUT2D eigenvalue weighted by Gasteiger charge is -2.41. The van der Waals surface area contributed by atoms with E-state index in [1.165, 1.54) is 42.6 Å². The van der Waals surface area contributed by atoms with Crippen molar-refractivity contribution < 1.29 is 24.1 Å². The van der Waals surface area contributed by atoms with Crippen LogP contribution in [0, 0.1) is 11.8 Å². The van der Waals surface area contributed by atoms with Crippen LogP contribution in [0.3, 0.4) is 0 Å². The van der Waals surface area contributed by atoms with Gasteiger partial charge in [0.2, 0.25) is 0 Å². The lowest BCUT2D eigenvalue weighted by Crippen LogP contribution is -3.28. The number of likely N-dealkylation sites (tertiary alicyclic amines) is 1. The second-order valence-electron chi connectivity index (χ2n) is 9.48. The Morgan fingerprint density at radius 3 is 2.40 bits per heavy atom. The number of nitrogens with one attached hydrogen (secondary N) is 2. The summed E-state index contributed by atoms with van der Waals surface area (Å²) in [5, 5.41) is 0. The Balaban J connectivity index is 1.22. The molecule has 2 aliphatic heterocycles. The maximum atomic E-state index is 12.9. The van der Waals surface area contributed by atoms with Crippen molar-refractivity contribution in [2.75, 3.05) is 60.0 Å². The van der Waals surface area contributed by atoms with Gasteiger partial charge in [-0.15, -0.1) is 0 Å². The van der Waals surface area contributed by atoms with E-state index in [9.17, 15) is 4.79 Å². The number of nitrogens with zero attached hydrogens (tertiary/aromatic N) is 1. The van der Waals surface area contributed by atoms with Crippen LogP contribution in [-0.2, 0) is 11.3 Å². The highest BCUT2D eigenvalue weighted by molar-refractivity contribution is 5.77. The highest BCUT2D eigenvalue weighted by atomic mass is 16.5. The van der Waals surface area contributed by atoms with Crippen LogP contribution in [0.4, 0.5) is 0 Å². The molecule has 2 atom stereocenters. The number of rotatable bonds is 6. The summed E-state index contributed by atoms with van der Waals surface area (Å²) in [7, 11) is 3.35. The molecule has 1 aliphatic carbocycles. The molecule has 0 spiro atoms. The zero-order chi connectivity index (χ0) is 20.9. The number of fused-ring (bicyclic) bond motifs is 1. The van der Waals surface area contributed by atoms with Crippen molar-refractivity contribution in [2.45, 2.75) is 38.6 Å². The van der Waals surface area contributed by atoms with Crippen molar-refractivity contribution in [3.05, 3.63) is 23.8 Å². The van der Waals surface area contributed by atoms with E-state index in [1.54, 1.807) is 19.1 Å². The van der Waals surface area contributed by atoms with E-state index in [4.69, 9.17) is 9.47 Å². The van der Waals surface area contributed by atoms with E-state index in [1.807, 2.05) is 6.07 Å². The Morgan fingerprint density at radius 2 is 1.67 bits per heavy atom. The van der Waals surface area contributed by atoms with Crippen molar-refractivity contribution >= 4 is 5.91 Å². The number of benzene rings is 1. The molecule has 2 heterocycles. The fourth-order valence-corrected chi connectivity index (χ4v) is 5.74. The molecule has 3 fully saturated rings. The van der Waals surface area contributed by atoms with Gasteiger partial charge in [-0.2, -0.15) is 0 Å². The van der Waals surface area contributed by atoms with E-state index in [0.29, 0.717) is 12.5 Å². The lowest BCUT2D eigenvalue weighted by atomic mass is 9.75. The quantitative estimate of drug-likeness (QED) is 0.687. The van der Waals surface area contributed by atoms with Crippen molar-refractivity contribution in [3.63, 3.8) is 0 Å². The largest absolute Gasteiger partial charge is 0.493 e. The van der Waals surface area contributed by atoms with Gasteiger partial charge >= 0.3 is 0 Å². The number of hydrogen-bond donors (Lipinski definition) is 2. The predicted molar refractivity (Wildman–Crippen MR) is 116 cm³/mol. The monoisotopic (exact) mass is 417 g/mol. The zero-order valence-electron chi connectivity index (χ0n) is 18.8. The van der Waals surface area contributed by atoms with E-state index in [2.05, 4.69) is 17.0 Å². The standard InChI is InChI=1S/C24H37N3O3/c1-29-22-8-7-19(15-23(22)30-2)16-25-11-13-26(14-12-25)18-24(28)27-10-9-20-5-3-4-6-21(20)17-27/h7-8,15,20-21H,3-6,9-14,16-18H2,1-2H3/p+2/t20-,21-/m0/s1. The van der Waals surface area contributed by atoms with E-state index < -0.39 is 0 Å². The van der Waals surface area contributed by atoms with E-state index in [0.717, 1.165) is 69.1 Å². The summed E-state index contributed by atoms with van der Waals surface area (Å²) in [6.07, 6.45) is 6.71. The summed E-state index contributed by atoms with van der Waals surface area (Å²) in [5.74, 6) is 3.62. The molecule has 1 aromatic carbocycles. The first-order valence-electron chi connectivity index (χ1n) is 11.8. The highest BCUT2D eigenvalue weighted by Gasteiger charge is 2.34. The second-order valence-corrected chi connectivity index (χ2v) is 9.48. The molecule has 0 bridgehead atoms. The molecule has 0 aromatic heterocycles. The van der Waals surface area contributed by atoms with E-state index in [-0.39, 0.29) is 0 Å². The average molecular weight is 418 g/mol. The Bertz CT molecular complexity index is 718. The van der Waals surface area contributed by atoms with Gasteiger partial charge in [0.05, 0.1) is 14.2 Å². The van der Waals surface area contributed by atoms with Gasteiger partial charge in [-0.05, 0) is 42.9 Å². The summed E-state index contributed by atoms with van der Waals surface area (Å²) in [4.78, 5) is 18.1. The number of piperidine rings is 1. The minimum atomic E-state index is 0.386.